The maximum absolute atomic E-state index is 12.9. The van der Waals surface area contributed by atoms with Crippen LogP contribution in [0.4, 0.5) is 5.69 Å². The lowest BCUT2D eigenvalue weighted by atomic mass is 10.1. The number of thiocarbonyl (C=S) groups is 1. The number of carbonyl (C=O) groups excluding carboxylic acids is 1. The first-order chi connectivity index (χ1) is 12.1. The third kappa shape index (κ3) is 3.91. The number of allylic oxidation sites excluding steroid dienone is 2. The van der Waals surface area contributed by atoms with E-state index in [1.54, 1.807) is 4.90 Å². The van der Waals surface area contributed by atoms with Gasteiger partial charge in [-0.2, -0.15) is 0 Å². The van der Waals surface area contributed by atoms with Crippen molar-refractivity contribution >= 4 is 46.0 Å². The molecule has 0 bridgehead atoms. The molecular formula is C21H19NOS2. The van der Waals surface area contributed by atoms with Crippen LogP contribution in [-0.2, 0) is 11.2 Å². The van der Waals surface area contributed by atoms with Gasteiger partial charge in [0.1, 0.15) is 0 Å². The van der Waals surface area contributed by atoms with E-state index in [0.717, 1.165) is 28.8 Å². The van der Waals surface area contributed by atoms with E-state index in [4.69, 9.17) is 12.2 Å². The molecule has 2 nitrogen and oxygen atoms in total. The average Bonchev–Trinajstić information content (AvgIpc) is 2.89. The number of carbonyl (C=O) groups is 1. The fourth-order valence-corrected chi connectivity index (χ4v) is 4.10. The Kier molecular flexibility index (Phi) is 5.51. The Morgan fingerprint density at radius 3 is 2.52 bits per heavy atom. The second-order valence-corrected chi connectivity index (χ2v) is 7.47. The number of aryl methyl sites for hydroxylation is 1. The summed E-state index contributed by atoms with van der Waals surface area (Å²) in [7, 11) is 0. The molecule has 0 aliphatic carbocycles. The number of hydrogen-bond donors (Lipinski definition) is 0. The van der Waals surface area contributed by atoms with Crippen molar-refractivity contribution in [3.05, 3.63) is 82.3 Å². The summed E-state index contributed by atoms with van der Waals surface area (Å²) in [6.07, 6.45) is 4.84. The topological polar surface area (TPSA) is 20.3 Å². The number of rotatable bonds is 4. The van der Waals surface area contributed by atoms with Crippen LogP contribution in [0.5, 0.6) is 0 Å². The SMILES string of the molecule is CCc1ccccc1N1C(=O)/C(=C/C(C)=C/c2ccccc2)SC1=S. The van der Waals surface area contributed by atoms with Crippen molar-refractivity contribution in [2.45, 2.75) is 20.3 Å². The molecule has 25 heavy (non-hydrogen) atoms. The minimum atomic E-state index is -0.0447. The zero-order chi connectivity index (χ0) is 17.8. The third-order valence-corrected chi connectivity index (χ3v) is 5.26. The molecule has 0 N–H and O–H groups in total. The van der Waals surface area contributed by atoms with Crippen LogP contribution in [0.2, 0.25) is 0 Å². The number of anilines is 1. The molecule has 0 spiro atoms. The van der Waals surface area contributed by atoms with Gasteiger partial charge in [0.05, 0.1) is 10.6 Å². The zero-order valence-electron chi connectivity index (χ0n) is 14.2. The van der Waals surface area contributed by atoms with Gasteiger partial charge in [0.15, 0.2) is 4.32 Å². The van der Waals surface area contributed by atoms with Crippen molar-refractivity contribution in [3.8, 4) is 0 Å². The van der Waals surface area contributed by atoms with Crippen LogP contribution >= 0.6 is 24.0 Å². The van der Waals surface area contributed by atoms with E-state index in [1.807, 2.05) is 67.6 Å². The van der Waals surface area contributed by atoms with E-state index < -0.39 is 0 Å². The molecule has 0 radical (unpaired) electrons. The smallest absolute Gasteiger partial charge is 0.268 e. The van der Waals surface area contributed by atoms with Crippen LogP contribution in [0.15, 0.2) is 71.2 Å². The van der Waals surface area contributed by atoms with Crippen molar-refractivity contribution in [2.75, 3.05) is 4.90 Å². The van der Waals surface area contributed by atoms with Gasteiger partial charge in [-0.15, -0.1) is 0 Å². The van der Waals surface area contributed by atoms with E-state index in [0.29, 0.717) is 9.23 Å². The molecule has 126 valence electrons. The first-order valence-electron chi connectivity index (χ1n) is 8.19. The van der Waals surface area contributed by atoms with Gasteiger partial charge in [-0.3, -0.25) is 9.69 Å². The quantitative estimate of drug-likeness (QED) is 0.519. The highest BCUT2D eigenvalue weighted by Crippen LogP contribution is 2.37. The molecule has 2 aromatic carbocycles. The van der Waals surface area contributed by atoms with E-state index in [1.165, 1.54) is 11.8 Å². The molecule has 1 aliphatic heterocycles. The van der Waals surface area contributed by atoms with E-state index in [2.05, 4.69) is 13.0 Å². The monoisotopic (exact) mass is 365 g/mol. The molecule has 1 amide bonds. The minimum Gasteiger partial charge on any atom is -0.268 e. The molecule has 0 saturated carbocycles. The summed E-state index contributed by atoms with van der Waals surface area (Å²) >= 11 is 6.84. The first kappa shape index (κ1) is 17.6. The lowest BCUT2D eigenvalue weighted by Gasteiger charge is -2.18. The summed E-state index contributed by atoms with van der Waals surface area (Å²) in [5, 5.41) is 0. The molecule has 1 fully saturated rings. The van der Waals surface area contributed by atoms with Gasteiger partial charge in [-0.05, 0) is 42.2 Å². The maximum Gasteiger partial charge on any atom is 0.270 e. The molecule has 1 saturated heterocycles. The van der Waals surface area contributed by atoms with Crippen molar-refractivity contribution in [2.24, 2.45) is 0 Å². The van der Waals surface area contributed by atoms with E-state index in [9.17, 15) is 4.79 Å². The summed E-state index contributed by atoms with van der Waals surface area (Å²) < 4.78 is 0.588. The second-order valence-electron chi connectivity index (χ2n) is 5.80. The van der Waals surface area contributed by atoms with Gasteiger partial charge in [-0.1, -0.05) is 85.5 Å². The number of nitrogens with zero attached hydrogens (tertiary/aromatic N) is 1. The van der Waals surface area contributed by atoms with Crippen molar-refractivity contribution in [3.63, 3.8) is 0 Å². The number of amides is 1. The molecule has 1 aliphatic rings. The molecule has 0 unspecified atom stereocenters. The van der Waals surface area contributed by atoms with Crippen LogP contribution in [0.1, 0.15) is 25.0 Å². The van der Waals surface area contributed by atoms with Crippen molar-refractivity contribution < 1.29 is 4.79 Å². The zero-order valence-corrected chi connectivity index (χ0v) is 15.9. The molecule has 1 heterocycles. The number of para-hydroxylation sites is 1. The normalized spacial score (nSPS) is 16.8. The highest BCUT2D eigenvalue weighted by atomic mass is 32.2. The molecule has 4 heteroatoms. The van der Waals surface area contributed by atoms with Crippen molar-refractivity contribution in [1.82, 2.24) is 0 Å². The molecule has 2 aromatic rings. The number of hydrogen-bond acceptors (Lipinski definition) is 3. The van der Waals surface area contributed by atoms with Gasteiger partial charge < -0.3 is 0 Å². The lowest BCUT2D eigenvalue weighted by molar-refractivity contribution is -0.113. The standard InChI is InChI=1S/C21H19NOS2/c1-3-17-11-7-8-12-18(17)22-20(23)19(25-21(22)24)14-15(2)13-16-9-5-4-6-10-16/h4-14H,3H2,1-2H3/b15-13+,19-14-. The Morgan fingerprint density at radius 1 is 1.12 bits per heavy atom. The van der Waals surface area contributed by atoms with Crippen LogP contribution in [0.3, 0.4) is 0 Å². The fraction of sp³-hybridized carbons (Fsp3) is 0.143. The summed E-state index contributed by atoms with van der Waals surface area (Å²) in [6.45, 7) is 4.08. The van der Waals surface area contributed by atoms with E-state index in [-0.39, 0.29) is 5.91 Å². The molecule has 0 aromatic heterocycles. The first-order valence-corrected chi connectivity index (χ1v) is 9.42. The highest BCUT2D eigenvalue weighted by Gasteiger charge is 2.34. The fourth-order valence-electron chi connectivity index (χ4n) is 2.76. The summed E-state index contributed by atoms with van der Waals surface area (Å²) in [5.74, 6) is -0.0447. The molecule has 0 atom stereocenters. The largest absolute Gasteiger partial charge is 0.270 e. The molecule has 3 rings (SSSR count). The van der Waals surface area contributed by atoms with E-state index >= 15 is 0 Å². The van der Waals surface area contributed by atoms with Crippen LogP contribution in [0, 0.1) is 0 Å². The Bertz CT molecular complexity index is 868. The predicted octanol–water partition coefficient (Wildman–Crippen LogP) is 5.60. The van der Waals surface area contributed by atoms with Gasteiger partial charge in [0.2, 0.25) is 0 Å². The summed E-state index contributed by atoms with van der Waals surface area (Å²) in [6, 6.07) is 18.0. The Morgan fingerprint density at radius 2 is 1.80 bits per heavy atom. The predicted molar refractivity (Wildman–Crippen MR) is 112 cm³/mol. The molecular weight excluding hydrogens is 346 g/mol. The number of benzene rings is 2. The Balaban J connectivity index is 1.90. The minimum absolute atomic E-state index is 0.0447. The highest BCUT2D eigenvalue weighted by molar-refractivity contribution is 8.27. The van der Waals surface area contributed by atoms with Crippen LogP contribution in [0.25, 0.3) is 6.08 Å². The summed E-state index contributed by atoms with van der Waals surface area (Å²) in [4.78, 5) is 15.2. The lowest BCUT2D eigenvalue weighted by Crippen LogP contribution is -2.28. The van der Waals surface area contributed by atoms with Gasteiger partial charge in [0, 0.05) is 0 Å². The van der Waals surface area contributed by atoms with Gasteiger partial charge in [0.25, 0.3) is 5.91 Å². The summed E-state index contributed by atoms with van der Waals surface area (Å²) in [5.41, 5.74) is 4.15. The van der Waals surface area contributed by atoms with Crippen LogP contribution in [-0.4, -0.2) is 10.2 Å². The van der Waals surface area contributed by atoms with Crippen molar-refractivity contribution in [1.29, 1.82) is 0 Å². The van der Waals surface area contributed by atoms with Gasteiger partial charge >= 0.3 is 0 Å². The third-order valence-electron chi connectivity index (χ3n) is 3.96. The van der Waals surface area contributed by atoms with Gasteiger partial charge in [-0.25, -0.2) is 0 Å². The Hall–Kier alpha value is -2.17. The number of thioether (sulfide) groups is 1. The average molecular weight is 366 g/mol. The second kappa shape index (κ2) is 7.81. The Labute approximate surface area is 158 Å². The van der Waals surface area contributed by atoms with Crippen LogP contribution < -0.4 is 4.90 Å². The maximum atomic E-state index is 12.9.